The zero-order valence-corrected chi connectivity index (χ0v) is 23.3. The summed E-state index contributed by atoms with van der Waals surface area (Å²) in [6.07, 6.45) is 8.07. The van der Waals surface area contributed by atoms with E-state index in [4.69, 9.17) is 18.9 Å². The Labute approximate surface area is 222 Å². The number of Topliss-reactive ketones (excluding diaryl/α,β-unsaturated/α-hetero) is 1. The molecule has 0 spiro atoms. The van der Waals surface area contributed by atoms with E-state index in [9.17, 15) is 24.0 Å². The van der Waals surface area contributed by atoms with E-state index < -0.39 is 29.6 Å². The summed E-state index contributed by atoms with van der Waals surface area (Å²) in [4.78, 5) is 61.4. The molecule has 0 aliphatic rings. The van der Waals surface area contributed by atoms with Crippen molar-refractivity contribution in [3.63, 3.8) is 0 Å². The Morgan fingerprint density at radius 3 is 1.14 bits per heavy atom. The van der Waals surface area contributed by atoms with Crippen LogP contribution in [0, 0.1) is 11.8 Å². The zero-order valence-electron chi connectivity index (χ0n) is 23.3. The van der Waals surface area contributed by atoms with Gasteiger partial charge in [-0.2, -0.15) is 0 Å². The Morgan fingerprint density at radius 1 is 0.459 bits per heavy atom. The van der Waals surface area contributed by atoms with E-state index in [2.05, 4.69) is 0 Å². The molecule has 2 unspecified atom stereocenters. The van der Waals surface area contributed by atoms with Gasteiger partial charge >= 0.3 is 23.9 Å². The van der Waals surface area contributed by atoms with Gasteiger partial charge < -0.3 is 18.9 Å². The summed E-state index contributed by atoms with van der Waals surface area (Å²) in [5.74, 6) is -4.07. The van der Waals surface area contributed by atoms with Crippen molar-refractivity contribution in [2.75, 3.05) is 26.4 Å². The molecule has 0 aromatic heterocycles. The van der Waals surface area contributed by atoms with Crippen LogP contribution in [-0.2, 0) is 42.9 Å². The average Bonchev–Trinajstić information content (AvgIpc) is 2.85. The molecule has 37 heavy (non-hydrogen) atoms. The van der Waals surface area contributed by atoms with Crippen LogP contribution in [0.2, 0.25) is 0 Å². The number of hydrogen-bond donors (Lipinski definition) is 0. The van der Waals surface area contributed by atoms with Gasteiger partial charge in [-0.15, -0.1) is 0 Å². The third-order valence-corrected chi connectivity index (χ3v) is 5.94. The minimum Gasteiger partial charge on any atom is -0.466 e. The SMILES string of the molecule is CCOC(=O)CCCCCCCC(C(=O)OCC)C(=O)C(CCCCCCC(=O)OCC)C(=O)OCC. The summed E-state index contributed by atoms with van der Waals surface area (Å²) in [5.41, 5.74) is 0. The molecule has 9 heteroatoms. The van der Waals surface area contributed by atoms with Gasteiger partial charge in [-0.1, -0.05) is 44.9 Å². The zero-order chi connectivity index (χ0) is 27.9. The highest BCUT2D eigenvalue weighted by Gasteiger charge is 2.37. The van der Waals surface area contributed by atoms with E-state index in [0.29, 0.717) is 58.2 Å². The fourth-order valence-corrected chi connectivity index (χ4v) is 4.07. The lowest BCUT2D eigenvalue weighted by Crippen LogP contribution is -2.36. The number of ketones is 1. The van der Waals surface area contributed by atoms with Crippen molar-refractivity contribution < 1.29 is 42.9 Å². The third kappa shape index (κ3) is 16.8. The Balaban J connectivity index is 4.84. The van der Waals surface area contributed by atoms with Crippen LogP contribution in [0.5, 0.6) is 0 Å². The van der Waals surface area contributed by atoms with E-state index in [1.165, 1.54) is 0 Å². The molecule has 0 fully saturated rings. The molecule has 0 N–H and O–H groups in total. The van der Waals surface area contributed by atoms with Gasteiger partial charge in [0.15, 0.2) is 5.78 Å². The monoisotopic (exact) mass is 528 g/mol. The topological polar surface area (TPSA) is 122 Å². The first-order valence-corrected chi connectivity index (χ1v) is 14.0. The molecule has 0 rings (SSSR count). The molecule has 0 aliphatic carbocycles. The largest absolute Gasteiger partial charge is 0.466 e. The molecule has 0 aromatic carbocycles. The standard InChI is InChI=1S/C28H48O9/c1-5-34-24(29)20-16-11-9-10-14-18-22(27(32)36-7-3)26(31)23(28(33)37-8-4)19-15-12-13-17-21-25(30)35-6-2/h22-23H,5-21H2,1-4H3. The Bertz CT molecular complexity index is 675. The number of hydrogen-bond acceptors (Lipinski definition) is 9. The van der Waals surface area contributed by atoms with E-state index in [1.807, 2.05) is 0 Å². The van der Waals surface area contributed by atoms with Gasteiger partial charge in [0.05, 0.1) is 26.4 Å². The van der Waals surface area contributed by atoms with E-state index >= 15 is 0 Å². The molecule has 2 atom stereocenters. The van der Waals surface area contributed by atoms with Crippen molar-refractivity contribution in [1.29, 1.82) is 0 Å². The highest BCUT2D eigenvalue weighted by Crippen LogP contribution is 2.23. The van der Waals surface area contributed by atoms with Crippen molar-refractivity contribution in [3.05, 3.63) is 0 Å². The Kier molecular flexibility index (Phi) is 21.2. The molecule has 0 saturated carbocycles. The first-order valence-electron chi connectivity index (χ1n) is 14.0. The van der Waals surface area contributed by atoms with E-state index in [-0.39, 0.29) is 25.2 Å². The van der Waals surface area contributed by atoms with Gasteiger partial charge in [0.1, 0.15) is 11.8 Å². The lowest BCUT2D eigenvalue weighted by atomic mass is 9.85. The number of unbranched alkanes of at least 4 members (excludes halogenated alkanes) is 7. The summed E-state index contributed by atoms with van der Waals surface area (Å²) in [6, 6.07) is 0. The van der Waals surface area contributed by atoms with E-state index in [1.54, 1.807) is 27.7 Å². The maximum atomic E-state index is 13.3. The van der Waals surface area contributed by atoms with Crippen molar-refractivity contribution >= 4 is 29.7 Å². The predicted molar refractivity (Wildman–Crippen MR) is 139 cm³/mol. The lowest BCUT2D eigenvalue weighted by Gasteiger charge is -2.20. The van der Waals surface area contributed by atoms with Crippen molar-refractivity contribution in [1.82, 2.24) is 0 Å². The number of esters is 4. The number of rotatable bonds is 23. The van der Waals surface area contributed by atoms with Crippen LogP contribution in [0.3, 0.4) is 0 Å². The smallest absolute Gasteiger partial charge is 0.316 e. The summed E-state index contributed by atoms with van der Waals surface area (Å²) in [5, 5.41) is 0. The highest BCUT2D eigenvalue weighted by molar-refractivity contribution is 6.08. The maximum Gasteiger partial charge on any atom is 0.316 e. The minimum atomic E-state index is -1.01. The third-order valence-electron chi connectivity index (χ3n) is 5.94. The highest BCUT2D eigenvalue weighted by atomic mass is 16.5. The molecule has 0 heterocycles. The quantitative estimate of drug-likeness (QED) is 0.0770. The van der Waals surface area contributed by atoms with Gasteiger partial charge in [-0.3, -0.25) is 24.0 Å². The van der Waals surface area contributed by atoms with Crippen molar-refractivity contribution in [2.45, 2.75) is 111 Å². The second kappa shape index (κ2) is 22.7. The van der Waals surface area contributed by atoms with Gasteiger partial charge in [0.25, 0.3) is 0 Å². The van der Waals surface area contributed by atoms with Crippen LogP contribution in [0.1, 0.15) is 111 Å². The fourth-order valence-electron chi connectivity index (χ4n) is 4.07. The molecule has 9 nitrogen and oxygen atoms in total. The molecule has 0 aliphatic heterocycles. The first-order chi connectivity index (χ1) is 17.8. The second-order valence-corrected chi connectivity index (χ2v) is 8.88. The molecular weight excluding hydrogens is 480 g/mol. The van der Waals surface area contributed by atoms with Gasteiger partial charge in [-0.05, 0) is 53.4 Å². The molecular formula is C28H48O9. The molecule has 0 bridgehead atoms. The predicted octanol–water partition coefficient (Wildman–Crippen LogP) is 5.11. The molecule has 0 saturated heterocycles. The Hall–Kier alpha value is -2.45. The number of carbonyl (C=O) groups excluding carboxylic acids is 5. The van der Waals surface area contributed by atoms with Crippen LogP contribution in [0.15, 0.2) is 0 Å². The van der Waals surface area contributed by atoms with Crippen LogP contribution in [-0.4, -0.2) is 56.1 Å². The normalized spacial score (nSPS) is 12.3. The van der Waals surface area contributed by atoms with Crippen LogP contribution >= 0.6 is 0 Å². The average molecular weight is 529 g/mol. The summed E-state index contributed by atoms with van der Waals surface area (Å²) >= 11 is 0. The number of carbonyl (C=O) groups is 5. The van der Waals surface area contributed by atoms with Crippen LogP contribution < -0.4 is 0 Å². The second-order valence-electron chi connectivity index (χ2n) is 8.88. The minimum absolute atomic E-state index is 0.151. The molecule has 0 aromatic rings. The maximum absolute atomic E-state index is 13.3. The summed E-state index contributed by atoms with van der Waals surface area (Å²) in [7, 11) is 0. The first kappa shape index (κ1) is 34.6. The van der Waals surface area contributed by atoms with Crippen LogP contribution in [0.4, 0.5) is 0 Å². The summed E-state index contributed by atoms with van der Waals surface area (Å²) in [6.45, 7) is 7.95. The number of ether oxygens (including phenoxy) is 4. The molecule has 214 valence electrons. The lowest BCUT2D eigenvalue weighted by molar-refractivity contribution is -0.158. The molecule has 0 amide bonds. The molecule has 0 radical (unpaired) electrons. The fraction of sp³-hybridized carbons (Fsp3) is 0.821. The van der Waals surface area contributed by atoms with Gasteiger partial charge in [0.2, 0.25) is 0 Å². The van der Waals surface area contributed by atoms with Crippen LogP contribution in [0.25, 0.3) is 0 Å². The van der Waals surface area contributed by atoms with Crippen molar-refractivity contribution in [3.8, 4) is 0 Å². The summed E-state index contributed by atoms with van der Waals surface area (Å²) < 4.78 is 20.1. The van der Waals surface area contributed by atoms with Gasteiger partial charge in [-0.25, -0.2) is 0 Å². The van der Waals surface area contributed by atoms with Crippen molar-refractivity contribution in [2.24, 2.45) is 11.8 Å². The Morgan fingerprint density at radius 2 is 0.784 bits per heavy atom. The van der Waals surface area contributed by atoms with E-state index in [0.717, 1.165) is 38.5 Å². The van der Waals surface area contributed by atoms with Gasteiger partial charge in [0, 0.05) is 12.8 Å².